The predicted octanol–water partition coefficient (Wildman–Crippen LogP) is 1.58. The molecule has 0 amide bonds. The Bertz CT molecular complexity index is 354. The normalized spacial score (nSPS) is 15.1. The zero-order valence-electron chi connectivity index (χ0n) is 10.8. The Labute approximate surface area is 108 Å². The Morgan fingerprint density at radius 1 is 1.11 bits per heavy atom. The molecule has 0 aliphatic heterocycles. The SMILES string of the molecule is COCCOC1=CC[CH]C(C#N)=C1OCCOC. The maximum atomic E-state index is 9.05. The summed E-state index contributed by atoms with van der Waals surface area (Å²) in [6, 6.07) is 2.11. The summed E-state index contributed by atoms with van der Waals surface area (Å²) < 4.78 is 20.9. The molecule has 1 aliphatic rings. The van der Waals surface area contributed by atoms with Gasteiger partial charge in [-0.15, -0.1) is 0 Å². The van der Waals surface area contributed by atoms with Crippen LogP contribution in [-0.4, -0.2) is 40.6 Å². The topological polar surface area (TPSA) is 60.7 Å². The summed E-state index contributed by atoms with van der Waals surface area (Å²) in [5.41, 5.74) is 0.501. The first-order valence-electron chi connectivity index (χ1n) is 5.75. The third kappa shape index (κ3) is 4.40. The van der Waals surface area contributed by atoms with E-state index in [1.165, 1.54) is 0 Å². The number of allylic oxidation sites excluding steroid dienone is 2. The number of methoxy groups -OCH3 is 2. The van der Waals surface area contributed by atoms with Gasteiger partial charge in [-0.05, 0) is 12.5 Å². The predicted molar refractivity (Wildman–Crippen MR) is 65.3 cm³/mol. The van der Waals surface area contributed by atoms with E-state index in [0.717, 1.165) is 0 Å². The van der Waals surface area contributed by atoms with Crippen LogP contribution in [0.15, 0.2) is 23.2 Å². The van der Waals surface area contributed by atoms with Crippen LogP contribution in [-0.2, 0) is 18.9 Å². The van der Waals surface area contributed by atoms with E-state index in [0.29, 0.717) is 49.9 Å². The zero-order chi connectivity index (χ0) is 13.2. The van der Waals surface area contributed by atoms with Crippen LogP contribution < -0.4 is 0 Å². The molecular formula is C13H18NO4. The van der Waals surface area contributed by atoms with Crippen LogP contribution in [0.1, 0.15) is 6.42 Å². The highest BCUT2D eigenvalue weighted by Crippen LogP contribution is 2.26. The van der Waals surface area contributed by atoms with E-state index in [1.54, 1.807) is 14.2 Å². The summed E-state index contributed by atoms with van der Waals surface area (Å²) in [6.45, 7) is 1.77. The fourth-order valence-electron chi connectivity index (χ4n) is 1.43. The van der Waals surface area contributed by atoms with E-state index >= 15 is 0 Å². The first-order chi connectivity index (χ1) is 8.83. The van der Waals surface area contributed by atoms with Crippen LogP contribution in [0.25, 0.3) is 0 Å². The van der Waals surface area contributed by atoms with Gasteiger partial charge in [0.2, 0.25) is 0 Å². The van der Waals surface area contributed by atoms with E-state index in [1.807, 2.05) is 12.5 Å². The molecule has 0 atom stereocenters. The molecule has 5 nitrogen and oxygen atoms in total. The van der Waals surface area contributed by atoms with Crippen molar-refractivity contribution in [3.8, 4) is 6.07 Å². The fraction of sp³-hybridized carbons (Fsp3) is 0.538. The monoisotopic (exact) mass is 252 g/mol. The second-order valence-electron chi connectivity index (χ2n) is 3.55. The van der Waals surface area contributed by atoms with Crippen molar-refractivity contribution in [1.82, 2.24) is 0 Å². The van der Waals surface area contributed by atoms with Crippen molar-refractivity contribution in [2.75, 3.05) is 40.6 Å². The molecule has 0 saturated heterocycles. The summed E-state index contributed by atoms with van der Waals surface area (Å²) in [6.07, 6.45) is 4.37. The van der Waals surface area contributed by atoms with Crippen molar-refractivity contribution in [2.45, 2.75) is 6.42 Å². The van der Waals surface area contributed by atoms with Crippen LogP contribution in [0, 0.1) is 17.8 Å². The third-order valence-electron chi connectivity index (χ3n) is 2.29. The van der Waals surface area contributed by atoms with Gasteiger partial charge in [0.05, 0.1) is 24.9 Å². The Morgan fingerprint density at radius 2 is 1.78 bits per heavy atom. The molecule has 0 aromatic carbocycles. The third-order valence-corrected chi connectivity index (χ3v) is 2.29. The van der Waals surface area contributed by atoms with Gasteiger partial charge in [-0.1, -0.05) is 0 Å². The molecule has 18 heavy (non-hydrogen) atoms. The summed E-state index contributed by atoms with van der Waals surface area (Å²) >= 11 is 0. The molecule has 5 heteroatoms. The second-order valence-corrected chi connectivity index (χ2v) is 3.55. The Morgan fingerprint density at radius 3 is 2.39 bits per heavy atom. The summed E-state index contributed by atoms with van der Waals surface area (Å²) in [4.78, 5) is 0. The molecule has 0 heterocycles. The summed E-state index contributed by atoms with van der Waals surface area (Å²) in [5, 5.41) is 9.05. The van der Waals surface area contributed by atoms with Gasteiger partial charge >= 0.3 is 0 Å². The van der Waals surface area contributed by atoms with Crippen molar-refractivity contribution in [3.63, 3.8) is 0 Å². The minimum absolute atomic E-state index is 0.385. The molecular weight excluding hydrogens is 234 g/mol. The number of nitrogens with zero attached hydrogens (tertiary/aromatic N) is 1. The standard InChI is InChI=1S/C13H18NO4/c1-15-6-8-17-12-5-3-4-11(10-14)13(12)18-9-7-16-2/h4-5H,3,6-9H2,1-2H3. The van der Waals surface area contributed by atoms with Gasteiger partial charge in [0.1, 0.15) is 13.2 Å². The van der Waals surface area contributed by atoms with Crippen molar-refractivity contribution in [1.29, 1.82) is 5.26 Å². The quantitative estimate of drug-likeness (QED) is 0.614. The van der Waals surface area contributed by atoms with Crippen LogP contribution >= 0.6 is 0 Å². The molecule has 0 fully saturated rings. The minimum Gasteiger partial charge on any atom is -0.488 e. The first kappa shape index (κ1) is 14.6. The molecule has 1 radical (unpaired) electrons. The van der Waals surface area contributed by atoms with E-state index in [-0.39, 0.29) is 0 Å². The second kappa shape index (κ2) is 8.56. The van der Waals surface area contributed by atoms with Crippen molar-refractivity contribution in [3.05, 3.63) is 29.6 Å². The molecule has 0 spiro atoms. The first-order valence-corrected chi connectivity index (χ1v) is 5.75. The Kier molecular flexibility index (Phi) is 6.92. The van der Waals surface area contributed by atoms with Crippen LogP contribution in [0.4, 0.5) is 0 Å². The van der Waals surface area contributed by atoms with Crippen LogP contribution in [0.5, 0.6) is 0 Å². The van der Waals surface area contributed by atoms with E-state index < -0.39 is 0 Å². The highest BCUT2D eigenvalue weighted by Gasteiger charge is 2.19. The summed E-state index contributed by atoms with van der Waals surface area (Å²) in [7, 11) is 3.21. The molecule has 0 saturated carbocycles. The number of hydrogen-bond donors (Lipinski definition) is 0. The Balaban J connectivity index is 2.64. The van der Waals surface area contributed by atoms with Crippen LogP contribution in [0.3, 0.4) is 0 Å². The van der Waals surface area contributed by atoms with Crippen molar-refractivity contribution < 1.29 is 18.9 Å². The van der Waals surface area contributed by atoms with Gasteiger partial charge in [0.15, 0.2) is 11.5 Å². The highest BCUT2D eigenvalue weighted by molar-refractivity contribution is 5.43. The van der Waals surface area contributed by atoms with Gasteiger partial charge in [-0.3, -0.25) is 0 Å². The molecule has 99 valence electrons. The minimum atomic E-state index is 0.385. The van der Waals surface area contributed by atoms with E-state index in [9.17, 15) is 0 Å². The van der Waals surface area contributed by atoms with Gasteiger partial charge in [0, 0.05) is 20.6 Å². The molecule has 1 rings (SSSR count). The average molecular weight is 252 g/mol. The molecule has 0 aromatic rings. The number of ether oxygens (including phenoxy) is 4. The maximum Gasteiger partial charge on any atom is 0.174 e. The molecule has 0 unspecified atom stereocenters. The average Bonchev–Trinajstić information content (AvgIpc) is 2.40. The smallest absolute Gasteiger partial charge is 0.174 e. The van der Waals surface area contributed by atoms with E-state index in [4.69, 9.17) is 24.2 Å². The Hall–Kier alpha value is -1.51. The lowest BCUT2D eigenvalue weighted by atomic mass is 10.0. The molecule has 1 aliphatic carbocycles. The van der Waals surface area contributed by atoms with Crippen LogP contribution in [0.2, 0.25) is 0 Å². The lowest BCUT2D eigenvalue weighted by molar-refractivity contribution is 0.0769. The summed E-state index contributed by atoms with van der Waals surface area (Å²) in [5.74, 6) is 1.08. The molecule has 0 bridgehead atoms. The largest absolute Gasteiger partial charge is 0.488 e. The number of hydrogen-bond acceptors (Lipinski definition) is 5. The number of rotatable bonds is 8. The van der Waals surface area contributed by atoms with Gasteiger partial charge in [-0.2, -0.15) is 5.26 Å². The molecule has 0 aromatic heterocycles. The highest BCUT2D eigenvalue weighted by atomic mass is 16.6. The van der Waals surface area contributed by atoms with Gasteiger partial charge in [0.25, 0.3) is 0 Å². The van der Waals surface area contributed by atoms with Gasteiger partial charge < -0.3 is 18.9 Å². The zero-order valence-corrected chi connectivity index (χ0v) is 10.8. The lowest BCUT2D eigenvalue weighted by Gasteiger charge is -2.19. The lowest BCUT2D eigenvalue weighted by Crippen LogP contribution is -2.12. The molecule has 0 N–H and O–H groups in total. The van der Waals surface area contributed by atoms with Crippen molar-refractivity contribution >= 4 is 0 Å². The maximum absolute atomic E-state index is 9.05. The van der Waals surface area contributed by atoms with Gasteiger partial charge in [-0.25, -0.2) is 0 Å². The van der Waals surface area contributed by atoms with E-state index in [2.05, 4.69) is 6.07 Å². The van der Waals surface area contributed by atoms with Crippen molar-refractivity contribution in [2.24, 2.45) is 0 Å². The number of nitriles is 1. The fourth-order valence-corrected chi connectivity index (χ4v) is 1.43.